The van der Waals surface area contributed by atoms with Gasteiger partial charge in [-0.3, -0.25) is 5.21 Å². The molecule has 0 saturated heterocycles. The van der Waals surface area contributed by atoms with Crippen molar-refractivity contribution < 1.29 is 10.3 Å². The van der Waals surface area contributed by atoms with Crippen LogP contribution in [0.4, 0.5) is 0 Å². The van der Waals surface area contributed by atoms with Crippen LogP contribution in [0.1, 0.15) is 12.5 Å². The summed E-state index contributed by atoms with van der Waals surface area (Å²) in [5, 5.41) is 23.6. The van der Waals surface area contributed by atoms with E-state index in [1.807, 2.05) is 13.0 Å². The number of phenolic OH excluding ortho intramolecular Hbond substituents is 1. The zero-order valence-corrected chi connectivity index (χ0v) is 7.88. The third-order valence-corrected chi connectivity index (χ3v) is 2.31. The highest BCUT2D eigenvalue weighted by atomic mass is 16.5. The first-order valence-corrected chi connectivity index (χ1v) is 4.52. The van der Waals surface area contributed by atoms with Crippen molar-refractivity contribution in [3.05, 3.63) is 29.8 Å². The summed E-state index contributed by atoms with van der Waals surface area (Å²) in [6.45, 7) is 2.44. The largest absolute Gasteiger partial charge is 0.507 e. The number of hydroxylamine groups is 1. The first-order valence-electron chi connectivity index (χ1n) is 4.52. The molecule has 0 aliphatic carbocycles. The quantitative estimate of drug-likeness (QED) is 0.707. The van der Waals surface area contributed by atoms with E-state index in [0.717, 1.165) is 10.9 Å². The van der Waals surface area contributed by atoms with Gasteiger partial charge in [-0.1, -0.05) is 19.1 Å². The predicted molar refractivity (Wildman–Crippen MR) is 52.3 cm³/mol. The lowest BCUT2D eigenvalue weighted by Crippen LogP contribution is -2.14. The second-order valence-electron chi connectivity index (χ2n) is 3.46. The van der Waals surface area contributed by atoms with E-state index in [0.29, 0.717) is 12.1 Å². The van der Waals surface area contributed by atoms with Gasteiger partial charge in [-0.05, 0) is 12.1 Å². The molecule has 1 aliphatic heterocycles. The maximum Gasteiger partial charge on any atom is 0.124 e. The number of nitrogens with zero attached hydrogens (tertiary/aromatic N) is 2. The molecule has 0 saturated carbocycles. The highest BCUT2D eigenvalue weighted by Crippen LogP contribution is 2.24. The summed E-state index contributed by atoms with van der Waals surface area (Å²) < 4.78 is 0. The lowest BCUT2D eigenvalue weighted by Gasteiger charge is -2.06. The van der Waals surface area contributed by atoms with Crippen LogP contribution in [0, 0.1) is 5.92 Å². The smallest absolute Gasteiger partial charge is 0.124 e. The Morgan fingerprint density at radius 1 is 1.43 bits per heavy atom. The van der Waals surface area contributed by atoms with Crippen molar-refractivity contribution in [3.8, 4) is 5.75 Å². The van der Waals surface area contributed by atoms with Crippen LogP contribution in [0.2, 0.25) is 0 Å². The molecule has 1 atom stereocenters. The van der Waals surface area contributed by atoms with Gasteiger partial charge in [0.05, 0.1) is 12.3 Å². The summed E-state index contributed by atoms with van der Waals surface area (Å²) >= 11 is 0. The van der Waals surface area contributed by atoms with Crippen molar-refractivity contribution in [1.82, 2.24) is 5.17 Å². The number of phenols is 1. The molecular formula is C10H12N2O2. The number of hydrogen-bond acceptors (Lipinski definition) is 4. The van der Waals surface area contributed by atoms with E-state index in [4.69, 9.17) is 0 Å². The van der Waals surface area contributed by atoms with Crippen LogP contribution < -0.4 is 0 Å². The van der Waals surface area contributed by atoms with Crippen LogP contribution in [0.5, 0.6) is 5.75 Å². The van der Waals surface area contributed by atoms with Crippen LogP contribution in [-0.2, 0) is 0 Å². The predicted octanol–water partition coefficient (Wildman–Crippen LogP) is 1.44. The number of hydrogen-bond donors (Lipinski definition) is 2. The Kier molecular flexibility index (Phi) is 2.13. The van der Waals surface area contributed by atoms with E-state index in [1.54, 1.807) is 18.2 Å². The van der Waals surface area contributed by atoms with Gasteiger partial charge >= 0.3 is 0 Å². The zero-order valence-electron chi connectivity index (χ0n) is 7.88. The fourth-order valence-corrected chi connectivity index (χ4v) is 1.60. The number of para-hydroxylation sites is 1. The fraction of sp³-hybridized carbons (Fsp3) is 0.300. The van der Waals surface area contributed by atoms with Crippen molar-refractivity contribution in [3.63, 3.8) is 0 Å². The first kappa shape index (κ1) is 9.02. The van der Waals surface area contributed by atoms with Crippen LogP contribution in [0.25, 0.3) is 0 Å². The number of rotatable bonds is 1. The molecule has 2 rings (SSSR count). The summed E-state index contributed by atoms with van der Waals surface area (Å²) in [6, 6.07) is 7.01. The van der Waals surface area contributed by atoms with Crippen molar-refractivity contribution >= 4 is 5.71 Å². The van der Waals surface area contributed by atoms with Crippen LogP contribution in [-0.4, -0.2) is 27.7 Å². The van der Waals surface area contributed by atoms with Crippen molar-refractivity contribution in [1.29, 1.82) is 0 Å². The van der Waals surface area contributed by atoms with Gasteiger partial charge < -0.3 is 5.11 Å². The van der Waals surface area contributed by atoms with E-state index in [-0.39, 0.29) is 11.7 Å². The standard InChI is InChI=1S/C10H12N2O2/c1-7-6-12(14)11-10(7)8-4-2-3-5-9(8)13/h2-5,7,13-14H,6H2,1H3. The van der Waals surface area contributed by atoms with Gasteiger partial charge in [0.25, 0.3) is 0 Å². The lowest BCUT2D eigenvalue weighted by atomic mass is 9.99. The van der Waals surface area contributed by atoms with E-state index in [2.05, 4.69) is 5.10 Å². The Morgan fingerprint density at radius 3 is 2.71 bits per heavy atom. The summed E-state index contributed by atoms with van der Waals surface area (Å²) in [5.41, 5.74) is 1.42. The minimum absolute atomic E-state index is 0.133. The minimum atomic E-state index is 0.133. The summed E-state index contributed by atoms with van der Waals surface area (Å²) in [7, 11) is 0. The lowest BCUT2D eigenvalue weighted by molar-refractivity contribution is -0.0835. The Labute approximate surface area is 82.1 Å². The van der Waals surface area contributed by atoms with Gasteiger partial charge in [0.1, 0.15) is 5.75 Å². The van der Waals surface area contributed by atoms with E-state index in [9.17, 15) is 10.3 Å². The molecule has 2 N–H and O–H groups in total. The van der Waals surface area contributed by atoms with Gasteiger partial charge in [-0.2, -0.15) is 10.3 Å². The molecule has 14 heavy (non-hydrogen) atoms. The van der Waals surface area contributed by atoms with Gasteiger partial charge in [0, 0.05) is 11.5 Å². The summed E-state index contributed by atoms with van der Waals surface area (Å²) in [5.74, 6) is 0.335. The second-order valence-corrected chi connectivity index (χ2v) is 3.46. The molecule has 0 aromatic heterocycles. The fourth-order valence-electron chi connectivity index (χ4n) is 1.60. The maximum absolute atomic E-state index is 9.59. The summed E-state index contributed by atoms with van der Waals surface area (Å²) in [4.78, 5) is 0. The molecule has 0 radical (unpaired) electrons. The van der Waals surface area contributed by atoms with Crippen molar-refractivity contribution in [2.24, 2.45) is 11.0 Å². The zero-order chi connectivity index (χ0) is 10.1. The summed E-state index contributed by atoms with van der Waals surface area (Å²) in [6.07, 6.45) is 0. The van der Waals surface area contributed by atoms with Crippen LogP contribution in [0.15, 0.2) is 29.4 Å². The number of benzene rings is 1. The highest BCUT2D eigenvalue weighted by molar-refractivity contribution is 6.04. The molecule has 74 valence electrons. The molecule has 0 amide bonds. The average molecular weight is 192 g/mol. The highest BCUT2D eigenvalue weighted by Gasteiger charge is 2.24. The monoisotopic (exact) mass is 192 g/mol. The van der Waals surface area contributed by atoms with Crippen LogP contribution >= 0.6 is 0 Å². The average Bonchev–Trinajstić information content (AvgIpc) is 2.46. The molecule has 1 unspecified atom stereocenters. The number of aromatic hydroxyl groups is 1. The maximum atomic E-state index is 9.59. The third kappa shape index (κ3) is 1.44. The first-order chi connectivity index (χ1) is 6.68. The van der Waals surface area contributed by atoms with Crippen molar-refractivity contribution in [2.45, 2.75) is 6.92 Å². The normalized spacial score (nSPS) is 21.1. The molecular weight excluding hydrogens is 180 g/mol. The Bertz CT molecular complexity index is 376. The molecule has 1 heterocycles. The molecule has 0 fully saturated rings. The molecule has 0 bridgehead atoms. The van der Waals surface area contributed by atoms with Crippen molar-refractivity contribution in [2.75, 3.05) is 6.54 Å². The Balaban J connectivity index is 2.41. The molecule has 0 spiro atoms. The third-order valence-electron chi connectivity index (χ3n) is 2.31. The molecule has 4 nitrogen and oxygen atoms in total. The van der Waals surface area contributed by atoms with Gasteiger partial charge in [-0.15, -0.1) is 0 Å². The Hall–Kier alpha value is -1.55. The van der Waals surface area contributed by atoms with Crippen LogP contribution in [0.3, 0.4) is 0 Å². The van der Waals surface area contributed by atoms with E-state index >= 15 is 0 Å². The van der Waals surface area contributed by atoms with E-state index in [1.165, 1.54) is 0 Å². The van der Waals surface area contributed by atoms with E-state index < -0.39 is 0 Å². The SMILES string of the molecule is CC1CN(O)N=C1c1ccccc1O. The molecule has 1 aliphatic rings. The van der Waals surface area contributed by atoms with Gasteiger partial charge in [0.2, 0.25) is 0 Å². The Morgan fingerprint density at radius 2 is 2.14 bits per heavy atom. The van der Waals surface area contributed by atoms with Gasteiger partial charge in [-0.25, -0.2) is 0 Å². The number of hydrazone groups is 1. The van der Waals surface area contributed by atoms with Gasteiger partial charge in [0.15, 0.2) is 0 Å². The molecule has 4 heteroatoms. The molecule has 1 aromatic carbocycles. The minimum Gasteiger partial charge on any atom is -0.507 e. The topological polar surface area (TPSA) is 56.1 Å². The second kappa shape index (κ2) is 3.31. The molecule has 1 aromatic rings.